The van der Waals surface area contributed by atoms with Gasteiger partial charge in [-0.3, -0.25) is 9.89 Å². The van der Waals surface area contributed by atoms with Crippen molar-refractivity contribution in [3.63, 3.8) is 0 Å². The molecular formula is C11H17N3O. The minimum absolute atomic E-state index is 0.0308. The van der Waals surface area contributed by atoms with Gasteiger partial charge >= 0.3 is 0 Å². The Hall–Kier alpha value is -1.58. The first kappa shape index (κ1) is 11.5. The van der Waals surface area contributed by atoms with E-state index in [2.05, 4.69) is 35.9 Å². The minimum Gasteiger partial charge on any atom is -0.309 e. The second-order valence-corrected chi connectivity index (χ2v) is 3.74. The minimum atomic E-state index is -0.0308. The fraction of sp³-hybridized carbons (Fsp3) is 0.455. The molecule has 0 fully saturated rings. The molecule has 0 spiro atoms. The first-order valence-corrected chi connectivity index (χ1v) is 5.09. The lowest BCUT2D eigenvalue weighted by molar-refractivity contribution is -0.116. The van der Waals surface area contributed by atoms with Crippen LogP contribution < -0.4 is 5.32 Å². The number of aromatic nitrogens is 2. The summed E-state index contributed by atoms with van der Waals surface area (Å²) in [5.74, 6) is 0.945. The Morgan fingerprint density at radius 3 is 3.00 bits per heavy atom. The van der Waals surface area contributed by atoms with Gasteiger partial charge in [-0.25, -0.2) is 0 Å². The van der Waals surface area contributed by atoms with Gasteiger partial charge in [0.05, 0.1) is 0 Å². The molecule has 4 heteroatoms. The van der Waals surface area contributed by atoms with Crippen LogP contribution in [-0.4, -0.2) is 16.1 Å². The van der Waals surface area contributed by atoms with Gasteiger partial charge in [0.15, 0.2) is 5.82 Å². The third kappa shape index (κ3) is 3.58. The van der Waals surface area contributed by atoms with E-state index in [9.17, 15) is 4.79 Å². The Labute approximate surface area is 89.8 Å². The van der Waals surface area contributed by atoms with Crippen LogP contribution >= 0.6 is 0 Å². The normalized spacial score (nSPS) is 10.3. The summed E-state index contributed by atoms with van der Waals surface area (Å²) in [7, 11) is 0. The Balaban J connectivity index is 2.49. The molecule has 0 aliphatic carbocycles. The van der Waals surface area contributed by atoms with Gasteiger partial charge in [-0.15, -0.1) is 6.58 Å². The number of allylic oxidation sites excluding steroid dienone is 1. The molecule has 0 aliphatic heterocycles. The third-order valence-corrected chi connectivity index (χ3v) is 2.06. The second kappa shape index (κ2) is 5.34. The van der Waals surface area contributed by atoms with Crippen LogP contribution in [-0.2, 0) is 4.79 Å². The van der Waals surface area contributed by atoms with Crippen molar-refractivity contribution >= 4 is 11.7 Å². The van der Waals surface area contributed by atoms with Gasteiger partial charge in [-0.2, -0.15) is 5.10 Å². The van der Waals surface area contributed by atoms with E-state index in [0.29, 0.717) is 24.6 Å². The molecule has 0 aliphatic rings. The lowest BCUT2D eigenvalue weighted by Crippen LogP contribution is -2.10. The van der Waals surface area contributed by atoms with Crippen LogP contribution in [0.2, 0.25) is 0 Å². The molecule has 0 radical (unpaired) electrons. The Kier molecular flexibility index (Phi) is 4.09. The molecular weight excluding hydrogens is 190 g/mol. The highest BCUT2D eigenvalue weighted by Gasteiger charge is 2.06. The highest BCUT2D eigenvalue weighted by Crippen LogP contribution is 2.14. The molecule has 15 heavy (non-hydrogen) atoms. The Morgan fingerprint density at radius 1 is 1.73 bits per heavy atom. The first-order valence-electron chi connectivity index (χ1n) is 5.09. The van der Waals surface area contributed by atoms with Crippen molar-refractivity contribution in [2.75, 3.05) is 5.32 Å². The van der Waals surface area contributed by atoms with Crippen molar-refractivity contribution < 1.29 is 4.79 Å². The Bertz CT molecular complexity index is 341. The van der Waals surface area contributed by atoms with Gasteiger partial charge in [-0.1, -0.05) is 19.9 Å². The summed E-state index contributed by atoms with van der Waals surface area (Å²) in [6.45, 7) is 7.70. The van der Waals surface area contributed by atoms with Crippen LogP contribution in [0.3, 0.4) is 0 Å². The van der Waals surface area contributed by atoms with Gasteiger partial charge < -0.3 is 5.32 Å². The Morgan fingerprint density at radius 2 is 2.47 bits per heavy atom. The number of amides is 1. The van der Waals surface area contributed by atoms with E-state index in [0.717, 1.165) is 5.69 Å². The summed E-state index contributed by atoms with van der Waals surface area (Å²) in [5.41, 5.74) is 1.02. The van der Waals surface area contributed by atoms with Crippen molar-refractivity contribution in [3.8, 4) is 0 Å². The molecule has 0 bridgehead atoms. The average Bonchev–Trinajstić information content (AvgIpc) is 2.63. The fourth-order valence-corrected chi connectivity index (χ4v) is 1.13. The molecule has 4 nitrogen and oxygen atoms in total. The highest BCUT2D eigenvalue weighted by molar-refractivity contribution is 5.89. The molecule has 0 aromatic carbocycles. The molecule has 0 atom stereocenters. The molecule has 0 saturated carbocycles. The van der Waals surface area contributed by atoms with Crippen LogP contribution in [0.15, 0.2) is 18.7 Å². The monoisotopic (exact) mass is 207 g/mol. The number of rotatable bonds is 5. The van der Waals surface area contributed by atoms with Crippen LogP contribution in [0.4, 0.5) is 5.82 Å². The first-order chi connectivity index (χ1) is 7.13. The third-order valence-electron chi connectivity index (χ3n) is 2.06. The summed E-state index contributed by atoms with van der Waals surface area (Å²) in [6.07, 6.45) is 2.87. The van der Waals surface area contributed by atoms with Crippen LogP contribution in [0.25, 0.3) is 0 Å². The van der Waals surface area contributed by atoms with Crippen molar-refractivity contribution in [2.45, 2.75) is 32.6 Å². The number of hydrogen-bond acceptors (Lipinski definition) is 2. The molecule has 1 amide bonds. The smallest absolute Gasteiger partial charge is 0.225 e. The summed E-state index contributed by atoms with van der Waals surface area (Å²) in [6, 6.07) is 1.86. The molecule has 1 heterocycles. The predicted octanol–water partition coefficient (Wildman–Crippen LogP) is 2.44. The number of anilines is 1. The van der Waals surface area contributed by atoms with Crippen LogP contribution in [0, 0.1) is 0 Å². The molecule has 0 unspecified atom stereocenters. The molecule has 1 aromatic heterocycles. The standard InChI is InChI=1S/C11H17N3O/c1-4-5-6-11(15)12-10-7-9(8(2)3)13-14-10/h4,7-8H,1,5-6H2,2-3H3,(H2,12,13,14,15). The van der Waals surface area contributed by atoms with Crippen LogP contribution in [0.1, 0.15) is 38.3 Å². The van der Waals surface area contributed by atoms with E-state index >= 15 is 0 Å². The lowest BCUT2D eigenvalue weighted by Gasteiger charge is -1.99. The van der Waals surface area contributed by atoms with Gasteiger partial charge in [0, 0.05) is 18.2 Å². The summed E-state index contributed by atoms with van der Waals surface area (Å²) < 4.78 is 0. The van der Waals surface area contributed by atoms with E-state index < -0.39 is 0 Å². The number of hydrogen-bond donors (Lipinski definition) is 2. The lowest BCUT2D eigenvalue weighted by atomic mass is 10.1. The SMILES string of the molecule is C=CCCC(=O)Nc1cc(C(C)C)[nH]n1. The van der Waals surface area contributed by atoms with E-state index in [1.807, 2.05) is 6.07 Å². The average molecular weight is 207 g/mol. The summed E-state index contributed by atoms with van der Waals surface area (Å²) >= 11 is 0. The topological polar surface area (TPSA) is 57.8 Å². The number of aromatic amines is 1. The number of nitrogens with one attached hydrogen (secondary N) is 2. The zero-order valence-electron chi connectivity index (χ0n) is 9.21. The van der Waals surface area contributed by atoms with Crippen molar-refractivity contribution in [1.82, 2.24) is 10.2 Å². The highest BCUT2D eigenvalue weighted by atomic mass is 16.1. The van der Waals surface area contributed by atoms with Crippen molar-refractivity contribution in [1.29, 1.82) is 0 Å². The molecule has 1 rings (SSSR count). The van der Waals surface area contributed by atoms with Gasteiger partial charge in [0.1, 0.15) is 0 Å². The van der Waals surface area contributed by atoms with E-state index in [1.54, 1.807) is 6.08 Å². The maximum atomic E-state index is 11.3. The molecule has 2 N–H and O–H groups in total. The van der Waals surface area contributed by atoms with Gasteiger partial charge in [0.25, 0.3) is 0 Å². The largest absolute Gasteiger partial charge is 0.309 e. The summed E-state index contributed by atoms with van der Waals surface area (Å²) in [4.78, 5) is 11.3. The fourth-order valence-electron chi connectivity index (χ4n) is 1.13. The van der Waals surface area contributed by atoms with Crippen LogP contribution in [0.5, 0.6) is 0 Å². The van der Waals surface area contributed by atoms with Gasteiger partial charge in [-0.05, 0) is 12.3 Å². The molecule has 82 valence electrons. The second-order valence-electron chi connectivity index (χ2n) is 3.74. The van der Waals surface area contributed by atoms with E-state index in [-0.39, 0.29) is 5.91 Å². The maximum Gasteiger partial charge on any atom is 0.225 e. The number of carbonyl (C=O) groups is 1. The quantitative estimate of drug-likeness (QED) is 0.728. The zero-order chi connectivity index (χ0) is 11.3. The predicted molar refractivity (Wildman–Crippen MR) is 60.7 cm³/mol. The van der Waals surface area contributed by atoms with Gasteiger partial charge in [0.2, 0.25) is 5.91 Å². The molecule has 1 aromatic rings. The maximum absolute atomic E-state index is 11.3. The van der Waals surface area contributed by atoms with E-state index in [4.69, 9.17) is 0 Å². The van der Waals surface area contributed by atoms with Crippen molar-refractivity contribution in [3.05, 3.63) is 24.4 Å². The van der Waals surface area contributed by atoms with E-state index in [1.165, 1.54) is 0 Å². The van der Waals surface area contributed by atoms with Crippen molar-refractivity contribution in [2.24, 2.45) is 0 Å². The number of carbonyl (C=O) groups excluding carboxylic acids is 1. The number of H-pyrrole nitrogens is 1. The zero-order valence-corrected chi connectivity index (χ0v) is 9.21. The summed E-state index contributed by atoms with van der Waals surface area (Å²) in [5, 5.41) is 9.61. The molecule has 0 saturated heterocycles. The number of nitrogens with zero attached hydrogens (tertiary/aromatic N) is 1.